The Bertz CT molecular complexity index is 205. The lowest BCUT2D eigenvalue weighted by Crippen LogP contribution is -2.13. The lowest BCUT2D eigenvalue weighted by atomic mass is 10.5. The van der Waals surface area contributed by atoms with Gasteiger partial charge in [0, 0.05) is 19.2 Å². The molecule has 0 heterocycles. The Hall–Kier alpha value is -2.05. The summed E-state index contributed by atoms with van der Waals surface area (Å²) in [5, 5.41) is 25.2. The highest BCUT2D eigenvalue weighted by Gasteiger charge is 1.88. The van der Waals surface area contributed by atoms with E-state index in [1.165, 1.54) is 7.05 Å². The Morgan fingerprint density at radius 1 is 1.00 bits per heavy atom. The van der Waals surface area contributed by atoms with Crippen LogP contribution in [0.15, 0.2) is 12.2 Å². The molecule has 0 aromatic rings. The highest BCUT2D eigenvalue weighted by atomic mass is 16.4. The minimum atomic E-state index is -1.26. The average Bonchev–Trinajstić information content (AvgIpc) is 2.02. The molecule has 0 rings (SSSR count). The molecule has 0 aliphatic heterocycles. The van der Waals surface area contributed by atoms with Crippen LogP contribution in [0.5, 0.6) is 0 Å². The lowest BCUT2D eigenvalue weighted by Gasteiger charge is -1.78. The van der Waals surface area contributed by atoms with Gasteiger partial charge < -0.3 is 20.6 Å². The van der Waals surface area contributed by atoms with Crippen LogP contribution in [0.25, 0.3) is 0 Å². The van der Waals surface area contributed by atoms with Crippen molar-refractivity contribution in [2.75, 3.05) is 7.05 Å². The van der Waals surface area contributed by atoms with Crippen LogP contribution in [-0.2, 0) is 9.59 Å². The van der Waals surface area contributed by atoms with Crippen molar-refractivity contribution in [2.45, 2.75) is 0 Å². The summed E-state index contributed by atoms with van der Waals surface area (Å²) in [5.41, 5.74) is 0. The summed E-state index contributed by atoms with van der Waals surface area (Å²) in [7, 11) is 1.35. The maximum absolute atomic E-state index is 9.55. The maximum atomic E-state index is 9.55. The predicted octanol–water partition coefficient (Wildman–Crippen LogP) is -0.404. The normalized spacial score (nSPS) is 8.38. The molecule has 0 bridgehead atoms. The molecule has 7 heteroatoms. The van der Waals surface area contributed by atoms with E-state index in [0.717, 1.165) is 0 Å². The van der Waals surface area contributed by atoms with Crippen LogP contribution in [0.4, 0.5) is 4.79 Å². The fraction of sp³-hybridized carbons (Fsp3) is 0.167. The van der Waals surface area contributed by atoms with Gasteiger partial charge in [-0.3, -0.25) is 0 Å². The Balaban J connectivity index is 0. The smallest absolute Gasteiger partial charge is 0.404 e. The molecule has 0 aromatic carbocycles. The highest BCUT2D eigenvalue weighted by molar-refractivity contribution is 5.89. The van der Waals surface area contributed by atoms with Crippen molar-refractivity contribution in [3.8, 4) is 0 Å². The molecule has 0 saturated carbocycles. The summed E-state index contributed by atoms with van der Waals surface area (Å²) < 4.78 is 0. The van der Waals surface area contributed by atoms with Crippen LogP contribution in [0.1, 0.15) is 0 Å². The fourth-order valence-electron chi connectivity index (χ4n) is 0.143. The van der Waals surface area contributed by atoms with Crippen molar-refractivity contribution >= 4 is 18.0 Å². The third-order valence-corrected chi connectivity index (χ3v) is 0.582. The molecule has 0 spiro atoms. The van der Waals surface area contributed by atoms with Crippen molar-refractivity contribution in [2.24, 2.45) is 0 Å². The van der Waals surface area contributed by atoms with Gasteiger partial charge in [-0.1, -0.05) is 0 Å². The Kier molecular flexibility index (Phi) is 8.38. The van der Waals surface area contributed by atoms with Gasteiger partial charge in [-0.25, -0.2) is 14.4 Å². The molecule has 0 unspecified atom stereocenters. The number of carboxylic acid groups (broad SMARTS) is 3. The third-order valence-electron chi connectivity index (χ3n) is 0.582. The average molecular weight is 191 g/mol. The van der Waals surface area contributed by atoms with Crippen LogP contribution < -0.4 is 5.32 Å². The maximum Gasteiger partial charge on any atom is 0.404 e. The molecule has 0 aliphatic carbocycles. The van der Waals surface area contributed by atoms with Crippen molar-refractivity contribution < 1.29 is 29.7 Å². The van der Waals surface area contributed by atoms with Gasteiger partial charge in [-0.2, -0.15) is 0 Å². The Morgan fingerprint density at radius 2 is 1.23 bits per heavy atom. The molecule has 13 heavy (non-hydrogen) atoms. The molecule has 0 radical (unpaired) electrons. The summed E-state index contributed by atoms with van der Waals surface area (Å²) in [4.78, 5) is 28.4. The van der Waals surface area contributed by atoms with Crippen LogP contribution >= 0.6 is 0 Å². The van der Waals surface area contributed by atoms with E-state index in [0.29, 0.717) is 12.2 Å². The second-order valence-corrected chi connectivity index (χ2v) is 1.56. The summed E-state index contributed by atoms with van der Waals surface area (Å²) in [5.74, 6) is -2.51. The molecule has 1 amide bonds. The van der Waals surface area contributed by atoms with Crippen LogP contribution in [-0.4, -0.2) is 40.4 Å². The highest BCUT2D eigenvalue weighted by Crippen LogP contribution is 1.70. The van der Waals surface area contributed by atoms with Crippen molar-refractivity contribution in [3.05, 3.63) is 12.2 Å². The first-order chi connectivity index (χ1) is 5.90. The predicted molar refractivity (Wildman–Crippen MR) is 41.5 cm³/mol. The first-order valence-electron chi connectivity index (χ1n) is 2.94. The van der Waals surface area contributed by atoms with E-state index in [2.05, 4.69) is 0 Å². The standard InChI is InChI=1S/C4H4O4.C2H5NO2/c5-3(6)1-2-4(7)8;1-3-2(4)5/h1-2H,(H,5,6)(H,7,8);3H,1H3,(H,4,5). The number of rotatable bonds is 2. The second kappa shape index (κ2) is 8.05. The Labute approximate surface area is 73.3 Å². The first kappa shape index (κ1) is 13.5. The zero-order chi connectivity index (χ0) is 10.9. The zero-order valence-corrected chi connectivity index (χ0v) is 6.72. The molecule has 0 saturated heterocycles. The van der Waals surface area contributed by atoms with Gasteiger partial charge in [0.2, 0.25) is 0 Å². The van der Waals surface area contributed by atoms with Crippen molar-refractivity contribution in [3.63, 3.8) is 0 Å². The van der Waals surface area contributed by atoms with Crippen molar-refractivity contribution in [1.29, 1.82) is 0 Å². The molecular weight excluding hydrogens is 182 g/mol. The quantitative estimate of drug-likeness (QED) is 0.440. The molecule has 4 N–H and O–H groups in total. The van der Waals surface area contributed by atoms with Crippen LogP contribution in [0, 0.1) is 0 Å². The summed E-state index contributed by atoms with van der Waals surface area (Å²) in [6.45, 7) is 0. The van der Waals surface area contributed by atoms with Crippen molar-refractivity contribution in [1.82, 2.24) is 5.32 Å². The van der Waals surface area contributed by atoms with Gasteiger partial charge in [0.25, 0.3) is 0 Å². The van der Waals surface area contributed by atoms with Crippen LogP contribution in [0.2, 0.25) is 0 Å². The molecule has 0 aromatic heterocycles. The van der Waals surface area contributed by atoms with E-state index < -0.39 is 18.0 Å². The number of aliphatic carboxylic acids is 2. The number of hydrogen-bond acceptors (Lipinski definition) is 3. The van der Waals surface area contributed by atoms with E-state index in [-0.39, 0.29) is 0 Å². The minimum Gasteiger partial charge on any atom is -0.478 e. The first-order valence-corrected chi connectivity index (χ1v) is 2.94. The molecule has 0 atom stereocenters. The number of hydrogen-bond donors (Lipinski definition) is 4. The monoisotopic (exact) mass is 191 g/mol. The van der Waals surface area contributed by atoms with Gasteiger partial charge in [0.1, 0.15) is 0 Å². The molecule has 0 fully saturated rings. The van der Waals surface area contributed by atoms with Gasteiger partial charge in [0.15, 0.2) is 0 Å². The summed E-state index contributed by atoms with van der Waals surface area (Å²) in [6.07, 6.45) is 0.120. The van der Waals surface area contributed by atoms with Gasteiger partial charge in [0.05, 0.1) is 0 Å². The minimum absolute atomic E-state index is 0.558. The number of amides is 1. The van der Waals surface area contributed by atoms with E-state index in [1.807, 2.05) is 5.32 Å². The SMILES string of the molecule is CNC(=O)O.O=C(O)C=CC(=O)O. The van der Waals surface area contributed by atoms with E-state index in [4.69, 9.17) is 15.3 Å². The van der Waals surface area contributed by atoms with Gasteiger partial charge >= 0.3 is 18.0 Å². The number of nitrogens with one attached hydrogen (secondary N) is 1. The number of carbonyl (C=O) groups is 3. The topological polar surface area (TPSA) is 124 Å². The third kappa shape index (κ3) is 25.7. The fourth-order valence-corrected chi connectivity index (χ4v) is 0.143. The van der Waals surface area contributed by atoms with Crippen LogP contribution in [0.3, 0.4) is 0 Å². The molecule has 0 aliphatic rings. The molecule has 74 valence electrons. The number of carboxylic acids is 2. The van der Waals surface area contributed by atoms with E-state index in [9.17, 15) is 14.4 Å². The Morgan fingerprint density at radius 3 is 1.31 bits per heavy atom. The zero-order valence-electron chi connectivity index (χ0n) is 6.72. The van der Waals surface area contributed by atoms with Gasteiger partial charge in [-0.05, 0) is 0 Å². The largest absolute Gasteiger partial charge is 0.478 e. The summed E-state index contributed by atoms with van der Waals surface area (Å²) >= 11 is 0. The lowest BCUT2D eigenvalue weighted by molar-refractivity contribution is -0.134. The molecule has 7 nitrogen and oxygen atoms in total. The van der Waals surface area contributed by atoms with Gasteiger partial charge in [-0.15, -0.1) is 0 Å². The second-order valence-electron chi connectivity index (χ2n) is 1.56. The van der Waals surface area contributed by atoms with E-state index >= 15 is 0 Å². The summed E-state index contributed by atoms with van der Waals surface area (Å²) in [6, 6.07) is 0. The van der Waals surface area contributed by atoms with E-state index in [1.54, 1.807) is 0 Å². The molecular formula is C6H9NO6.